The summed E-state index contributed by atoms with van der Waals surface area (Å²) in [6, 6.07) is 14.9. The van der Waals surface area contributed by atoms with Crippen molar-refractivity contribution in [3.05, 3.63) is 75.1 Å². The standard InChI is InChI=1S/C18H12Cl2O4S2/c19-13-6-7-16(14(20)9-13)26(23,24)10-12-8-15(25-17(12)18(21)22)11-4-2-1-3-5-11/h1-9H,10H2,(H,21,22). The molecule has 134 valence electrons. The van der Waals surface area contributed by atoms with Gasteiger partial charge >= 0.3 is 5.97 Å². The minimum Gasteiger partial charge on any atom is -0.477 e. The zero-order valence-electron chi connectivity index (χ0n) is 13.1. The van der Waals surface area contributed by atoms with Crippen molar-refractivity contribution >= 4 is 50.3 Å². The Morgan fingerprint density at radius 3 is 2.35 bits per heavy atom. The first-order valence-corrected chi connectivity index (χ1v) is 10.6. The molecule has 0 unspecified atom stereocenters. The number of sulfone groups is 1. The van der Waals surface area contributed by atoms with Gasteiger partial charge in [0.05, 0.1) is 15.7 Å². The summed E-state index contributed by atoms with van der Waals surface area (Å²) in [5.74, 6) is -1.62. The molecular weight excluding hydrogens is 415 g/mol. The van der Waals surface area contributed by atoms with Crippen molar-refractivity contribution in [3.8, 4) is 10.4 Å². The van der Waals surface area contributed by atoms with Crippen LogP contribution < -0.4 is 0 Å². The van der Waals surface area contributed by atoms with Crippen LogP contribution in [-0.4, -0.2) is 19.5 Å². The van der Waals surface area contributed by atoms with Gasteiger partial charge in [0.2, 0.25) is 0 Å². The molecule has 0 aliphatic rings. The van der Waals surface area contributed by atoms with Crippen molar-refractivity contribution in [3.63, 3.8) is 0 Å². The minimum atomic E-state index is -3.83. The van der Waals surface area contributed by atoms with Gasteiger partial charge in [-0.2, -0.15) is 0 Å². The number of rotatable bonds is 5. The molecule has 0 saturated carbocycles. The molecule has 26 heavy (non-hydrogen) atoms. The smallest absolute Gasteiger partial charge is 0.346 e. The van der Waals surface area contributed by atoms with Crippen LogP contribution >= 0.6 is 34.5 Å². The maximum absolute atomic E-state index is 12.7. The number of benzene rings is 2. The van der Waals surface area contributed by atoms with E-state index in [0.29, 0.717) is 9.90 Å². The lowest BCUT2D eigenvalue weighted by molar-refractivity contribution is 0.0701. The van der Waals surface area contributed by atoms with Gasteiger partial charge in [0.1, 0.15) is 4.88 Å². The molecule has 0 radical (unpaired) electrons. The zero-order chi connectivity index (χ0) is 18.9. The topological polar surface area (TPSA) is 71.4 Å². The Morgan fingerprint density at radius 1 is 1.04 bits per heavy atom. The lowest BCUT2D eigenvalue weighted by atomic mass is 10.1. The largest absolute Gasteiger partial charge is 0.477 e. The fourth-order valence-electron chi connectivity index (χ4n) is 2.47. The molecule has 0 bridgehead atoms. The van der Waals surface area contributed by atoms with Gasteiger partial charge in [-0.1, -0.05) is 53.5 Å². The molecule has 1 N–H and O–H groups in total. The highest BCUT2D eigenvalue weighted by molar-refractivity contribution is 7.90. The highest BCUT2D eigenvalue weighted by Crippen LogP contribution is 2.34. The van der Waals surface area contributed by atoms with Crippen LogP contribution in [0, 0.1) is 0 Å². The van der Waals surface area contributed by atoms with E-state index in [0.717, 1.165) is 16.9 Å². The van der Waals surface area contributed by atoms with Crippen LogP contribution in [0.25, 0.3) is 10.4 Å². The van der Waals surface area contributed by atoms with E-state index in [4.69, 9.17) is 23.2 Å². The predicted molar refractivity (Wildman–Crippen MR) is 104 cm³/mol. The SMILES string of the molecule is O=C(O)c1sc(-c2ccccc2)cc1CS(=O)(=O)c1ccc(Cl)cc1Cl. The van der Waals surface area contributed by atoms with Crippen LogP contribution in [0.1, 0.15) is 15.2 Å². The molecule has 4 nitrogen and oxygen atoms in total. The van der Waals surface area contributed by atoms with E-state index < -0.39 is 21.6 Å². The Labute approximate surface area is 164 Å². The van der Waals surface area contributed by atoms with E-state index in [9.17, 15) is 18.3 Å². The van der Waals surface area contributed by atoms with Crippen LogP contribution in [0.5, 0.6) is 0 Å². The van der Waals surface area contributed by atoms with Crippen molar-refractivity contribution in [2.24, 2.45) is 0 Å². The third kappa shape index (κ3) is 3.94. The van der Waals surface area contributed by atoms with Crippen molar-refractivity contribution in [2.45, 2.75) is 10.6 Å². The molecular formula is C18H12Cl2O4S2. The van der Waals surface area contributed by atoms with Crippen LogP contribution in [-0.2, 0) is 15.6 Å². The van der Waals surface area contributed by atoms with Gasteiger partial charge in [-0.3, -0.25) is 0 Å². The Balaban J connectivity index is 2.03. The average Bonchev–Trinajstić information content (AvgIpc) is 2.98. The summed E-state index contributed by atoms with van der Waals surface area (Å²) in [6.07, 6.45) is 0. The van der Waals surface area contributed by atoms with Gasteiger partial charge in [-0.05, 0) is 35.4 Å². The average molecular weight is 427 g/mol. The summed E-state index contributed by atoms with van der Waals surface area (Å²) in [5.41, 5.74) is 1.06. The molecule has 0 atom stereocenters. The predicted octanol–water partition coefficient (Wildman–Crippen LogP) is 5.39. The van der Waals surface area contributed by atoms with Crippen molar-refractivity contribution in [1.29, 1.82) is 0 Å². The van der Waals surface area contributed by atoms with E-state index in [1.807, 2.05) is 30.3 Å². The Morgan fingerprint density at radius 2 is 1.73 bits per heavy atom. The molecule has 3 aromatic rings. The van der Waals surface area contributed by atoms with Gasteiger partial charge in [0, 0.05) is 9.90 Å². The molecule has 2 aromatic carbocycles. The van der Waals surface area contributed by atoms with Crippen molar-refractivity contribution in [2.75, 3.05) is 0 Å². The lowest BCUT2D eigenvalue weighted by Gasteiger charge is -2.07. The van der Waals surface area contributed by atoms with Crippen LogP contribution in [0.2, 0.25) is 10.0 Å². The van der Waals surface area contributed by atoms with Crippen molar-refractivity contribution in [1.82, 2.24) is 0 Å². The lowest BCUT2D eigenvalue weighted by Crippen LogP contribution is -2.08. The number of hydrogen-bond acceptors (Lipinski definition) is 4. The normalized spacial score (nSPS) is 11.5. The number of hydrogen-bond donors (Lipinski definition) is 1. The Hall–Kier alpha value is -1.86. The summed E-state index contributed by atoms with van der Waals surface area (Å²) in [7, 11) is -3.83. The minimum absolute atomic E-state index is 0.00230. The number of carbonyl (C=O) groups is 1. The molecule has 0 spiro atoms. The van der Waals surface area contributed by atoms with Gasteiger partial charge in [-0.25, -0.2) is 13.2 Å². The summed E-state index contributed by atoms with van der Waals surface area (Å²) < 4.78 is 25.5. The third-order valence-electron chi connectivity index (χ3n) is 3.64. The molecule has 0 aliphatic heterocycles. The second kappa shape index (κ2) is 7.40. The number of carboxylic acids is 1. The molecule has 0 amide bonds. The quantitative estimate of drug-likeness (QED) is 0.592. The first-order chi connectivity index (χ1) is 12.3. The van der Waals surface area contributed by atoms with Crippen LogP contribution in [0.3, 0.4) is 0 Å². The summed E-state index contributed by atoms with van der Waals surface area (Å²) in [4.78, 5) is 12.2. The molecule has 0 fully saturated rings. The highest BCUT2D eigenvalue weighted by atomic mass is 35.5. The zero-order valence-corrected chi connectivity index (χ0v) is 16.3. The molecule has 1 aromatic heterocycles. The molecule has 3 rings (SSSR count). The fourth-order valence-corrected chi connectivity index (χ4v) is 5.77. The second-order valence-electron chi connectivity index (χ2n) is 5.47. The Kier molecular flexibility index (Phi) is 5.39. The number of carboxylic acid groups (broad SMARTS) is 1. The van der Waals surface area contributed by atoms with E-state index in [1.165, 1.54) is 18.2 Å². The molecule has 0 aliphatic carbocycles. The van der Waals surface area contributed by atoms with E-state index >= 15 is 0 Å². The molecule has 0 saturated heterocycles. The van der Waals surface area contributed by atoms with E-state index in [2.05, 4.69) is 0 Å². The Bertz CT molecular complexity index is 1070. The van der Waals surface area contributed by atoms with E-state index in [1.54, 1.807) is 6.07 Å². The highest BCUT2D eigenvalue weighted by Gasteiger charge is 2.24. The van der Waals surface area contributed by atoms with Gasteiger partial charge < -0.3 is 5.11 Å². The number of halogens is 2. The van der Waals surface area contributed by atoms with Gasteiger partial charge in [0.15, 0.2) is 9.84 Å². The third-order valence-corrected chi connectivity index (χ3v) is 7.23. The van der Waals surface area contributed by atoms with Crippen LogP contribution in [0.15, 0.2) is 59.5 Å². The first-order valence-electron chi connectivity index (χ1n) is 7.37. The second-order valence-corrected chi connectivity index (χ2v) is 9.32. The number of thiophene rings is 1. The van der Waals surface area contributed by atoms with Crippen molar-refractivity contribution < 1.29 is 18.3 Å². The molecule has 8 heteroatoms. The summed E-state index contributed by atoms with van der Waals surface area (Å²) >= 11 is 12.9. The summed E-state index contributed by atoms with van der Waals surface area (Å²) in [5, 5.41) is 9.79. The monoisotopic (exact) mass is 426 g/mol. The fraction of sp³-hybridized carbons (Fsp3) is 0.0556. The maximum atomic E-state index is 12.7. The first kappa shape index (κ1) is 18.9. The molecule has 1 heterocycles. The van der Waals surface area contributed by atoms with Gasteiger partial charge in [0.25, 0.3) is 0 Å². The van der Waals surface area contributed by atoms with Gasteiger partial charge in [-0.15, -0.1) is 11.3 Å². The number of aromatic carboxylic acids is 1. The van der Waals surface area contributed by atoms with E-state index in [-0.39, 0.29) is 20.4 Å². The van der Waals surface area contributed by atoms with Crippen LogP contribution in [0.4, 0.5) is 0 Å². The summed E-state index contributed by atoms with van der Waals surface area (Å²) in [6.45, 7) is 0. The maximum Gasteiger partial charge on any atom is 0.346 e.